The Balaban J connectivity index is 3.20. The van der Waals surface area contributed by atoms with Crippen molar-refractivity contribution in [3.63, 3.8) is 0 Å². The van der Waals surface area contributed by atoms with Gasteiger partial charge in [0.05, 0.1) is 17.7 Å². The van der Waals surface area contributed by atoms with E-state index in [9.17, 15) is 4.79 Å². The van der Waals surface area contributed by atoms with E-state index in [2.05, 4.69) is 0 Å². The van der Waals surface area contributed by atoms with E-state index in [0.29, 0.717) is 16.3 Å². The Morgan fingerprint density at radius 2 is 2.31 bits per heavy atom. The summed E-state index contributed by atoms with van der Waals surface area (Å²) in [6.45, 7) is -0.545. The minimum absolute atomic E-state index is 0.303. The van der Waals surface area contributed by atoms with E-state index < -0.39 is 12.4 Å². The topological polar surface area (TPSA) is 46.5 Å². The van der Waals surface area contributed by atoms with Gasteiger partial charge in [-0.15, -0.1) is 0 Å². The van der Waals surface area contributed by atoms with Gasteiger partial charge in [0.1, 0.15) is 12.4 Å². The maximum atomic E-state index is 11.2. The number of ketones is 1. The summed E-state index contributed by atoms with van der Waals surface area (Å²) in [6.07, 6.45) is 0. The van der Waals surface area contributed by atoms with Crippen molar-refractivity contribution in [2.75, 3.05) is 13.7 Å². The van der Waals surface area contributed by atoms with Gasteiger partial charge in [-0.05, 0) is 12.1 Å². The van der Waals surface area contributed by atoms with E-state index in [1.807, 2.05) is 0 Å². The van der Waals surface area contributed by atoms with Gasteiger partial charge in [-0.3, -0.25) is 4.79 Å². The molecule has 0 fully saturated rings. The van der Waals surface area contributed by atoms with Crippen LogP contribution >= 0.6 is 11.6 Å². The summed E-state index contributed by atoms with van der Waals surface area (Å²) in [5, 5.41) is 9.01. The summed E-state index contributed by atoms with van der Waals surface area (Å²) in [5.41, 5.74) is 0.303. The monoisotopic (exact) mass is 200 g/mol. The van der Waals surface area contributed by atoms with Gasteiger partial charge in [-0.25, -0.2) is 0 Å². The molecule has 4 heteroatoms. The highest BCUT2D eigenvalue weighted by molar-refractivity contribution is 6.32. The van der Waals surface area contributed by atoms with Crippen molar-refractivity contribution in [1.82, 2.24) is 0 Å². The second-order valence-corrected chi connectivity index (χ2v) is 2.81. The Labute approximate surface area is 80.9 Å². The number of benzene rings is 1. The molecule has 0 bridgehead atoms. The van der Waals surface area contributed by atoms with Crippen LogP contribution < -0.4 is 4.74 Å². The Bertz CT molecular complexity index is 323. The van der Waals surface area contributed by atoms with Crippen molar-refractivity contribution in [1.29, 1.82) is 0 Å². The van der Waals surface area contributed by atoms with Crippen LogP contribution in [0.5, 0.6) is 5.75 Å². The third-order valence-corrected chi connectivity index (χ3v) is 1.91. The standard InChI is InChI=1S/C9H9ClO3/c1-13-9-6(8(12)5-11)3-2-4-7(9)10/h2-4,11H,5H2,1H3. The van der Waals surface area contributed by atoms with Crippen LogP contribution in [0.1, 0.15) is 10.4 Å². The molecule has 0 amide bonds. The Hall–Kier alpha value is -1.06. The third kappa shape index (κ3) is 1.99. The SMILES string of the molecule is COc1c(Cl)cccc1C(=O)CO. The van der Waals surface area contributed by atoms with Crippen molar-refractivity contribution in [2.45, 2.75) is 0 Å². The highest BCUT2D eigenvalue weighted by atomic mass is 35.5. The number of hydrogen-bond acceptors (Lipinski definition) is 3. The Morgan fingerprint density at radius 3 is 2.85 bits per heavy atom. The molecule has 0 aliphatic rings. The number of hydrogen-bond donors (Lipinski definition) is 1. The maximum absolute atomic E-state index is 11.2. The molecule has 0 unspecified atom stereocenters. The van der Waals surface area contributed by atoms with Crippen LogP contribution in [0.3, 0.4) is 0 Å². The summed E-state index contributed by atoms with van der Waals surface area (Å²) >= 11 is 5.77. The van der Waals surface area contributed by atoms with Gasteiger partial charge in [0, 0.05) is 0 Å². The molecule has 0 spiro atoms. The van der Waals surface area contributed by atoms with Crippen molar-refractivity contribution in [2.24, 2.45) is 0 Å². The molecule has 1 aromatic carbocycles. The van der Waals surface area contributed by atoms with Crippen molar-refractivity contribution >= 4 is 17.4 Å². The number of carbonyl (C=O) groups excluding carboxylic acids is 1. The van der Waals surface area contributed by atoms with Gasteiger partial charge >= 0.3 is 0 Å². The van der Waals surface area contributed by atoms with Gasteiger partial charge in [0.15, 0.2) is 5.78 Å². The van der Waals surface area contributed by atoms with E-state index in [1.165, 1.54) is 7.11 Å². The lowest BCUT2D eigenvalue weighted by molar-refractivity contribution is 0.0900. The number of halogens is 1. The van der Waals surface area contributed by atoms with Gasteiger partial charge in [0.2, 0.25) is 0 Å². The van der Waals surface area contributed by atoms with Crippen LogP contribution in [-0.4, -0.2) is 24.6 Å². The molecule has 1 N–H and O–H groups in total. The normalized spacial score (nSPS) is 9.77. The number of carbonyl (C=O) groups is 1. The minimum Gasteiger partial charge on any atom is -0.494 e. The quantitative estimate of drug-likeness (QED) is 0.753. The summed E-state index contributed by atoms with van der Waals surface area (Å²) in [6, 6.07) is 4.81. The molecule has 3 nitrogen and oxygen atoms in total. The predicted octanol–water partition coefficient (Wildman–Crippen LogP) is 1.52. The zero-order chi connectivity index (χ0) is 9.84. The van der Waals surface area contributed by atoms with Crippen LogP contribution in [0.4, 0.5) is 0 Å². The van der Waals surface area contributed by atoms with E-state index in [1.54, 1.807) is 18.2 Å². The number of rotatable bonds is 3. The van der Waals surface area contributed by atoms with E-state index in [4.69, 9.17) is 21.4 Å². The van der Waals surface area contributed by atoms with Crippen LogP contribution in [0, 0.1) is 0 Å². The predicted molar refractivity (Wildman–Crippen MR) is 49.4 cm³/mol. The summed E-state index contributed by atoms with van der Waals surface area (Å²) in [4.78, 5) is 11.2. The van der Waals surface area contributed by atoms with E-state index >= 15 is 0 Å². The Morgan fingerprint density at radius 1 is 1.62 bits per heavy atom. The van der Waals surface area contributed by atoms with E-state index in [-0.39, 0.29) is 0 Å². The number of aliphatic hydroxyl groups excluding tert-OH is 1. The van der Waals surface area contributed by atoms with E-state index in [0.717, 1.165) is 0 Å². The van der Waals surface area contributed by atoms with Crippen molar-refractivity contribution in [3.8, 4) is 5.75 Å². The number of methoxy groups -OCH3 is 1. The van der Waals surface area contributed by atoms with Gasteiger partial charge in [0.25, 0.3) is 0 Å². The fourth-order valence-corrected chi connectivity index (χ4v) is 1.27. The largest absolute Gasteiger partial charge is 0.494 e. The first-order chi connectivity index (χ1) is 6.20. The number of aliphatic hydroxyl groups is 1. The zero-order valence-corrected chi connectivity index (χ0v) is 7.84. The first-order valence-electron chi connectivity index (χ1n) is 3.67. The summed E-state index contributed by atoms with van der Waals surface area (Å²) in [5.74, 6) is -0.0948. The molecule has 13 heavy (non-hydrogen) atoms. The average Bonchev–Trinajstić information content (AvgIpc) is 2.16. The number of Topliss-reactive ketones (excluding diaryl/α,β-unsaturated/α-hetero) is 1. The summed E-state index contributed by atoms with van der Waals surface area (Å²) < 4.78 is 4.94. The molecule has 0 aliphatic heterocycles. The van der Waals surface area contributed by atoms with Crippen LogP contribution in [0.2, 0.25) is 5.02 Å². The second-order valence-electron chi connectivity index (χ2n) is 2.40. The lowest BCUT2D eigenvalue weighted by Gasteiger charge is -2.07. The molecule has 0 atom stereocenters. The molecule has 0 radical (unpaired) electrons. The minimum atomic E-state index is -0.545. The summed E-state index contributed by atoms with van der Waals surface area (Å²) in [7, 11) is 1.43. The fraction of sp³-hybridized carbons (Fsp3) is 0.222. The lowest BCUT2D eigenvalue weighted by Crippen LogP contribution is -2.06. The molecule has 0 saturated heterocycles. The van der Waals surface area contributed by atoms with Gasteiger partial charge in [-0.1, -0.05) is 17.7 Å². The number of ether oxygens (including phenoxy) is 1. The van der Waals surface area contributed by atoms with Crippen LogP contribution in [0.25, 0.3) is 0 Å². The zero-order valence-electron chi connectivity index (χ0n) is 7.08. The lowest BCUT2D eigenvalue weighted by atomic mass is 10.1. The third-order valence-electron chi connectivity index (χ3n) is 1.62. The molecule has 0 aliphatic carbocycles. The fourth-order valence-electron chi connectivity index (χ4n) is 1.02. The molecule has 0 aromatic heterocycles. The highest BCUT2D eigenvalue weighted by Crippen LogP contribution is 2.28. The van der Waals surface area contributed by atoms with Crippen LogP contribution in [-0.2, 0) is 0 Å². The smallest absolute Gasteiger partial charge is 0.191 e. The molecular formula is C9H9ClO3. The van der Waals surface area contributed by atoms with Crippen LogP contribution in [0.15, 0.2) is 18.2 Å². The van der Waals surface area contributed by atoms with Crippen molar-refractivity contribution < 1.29 is 14.6 Å². The molecule has 0 saturated carbocycles. The first kappa shape index (κ1) is 10.0. The molecule has 70 valence electrons. The van der Waals surface area contributed by atoms with Crippen molar-refractivity contribution in [3.05, 3.63) is 28.8 Å². The maximum Gasteiger partial charge on any atom is 0.191 e. The molecule has 1 aromatic rings. The first-order valence-corrected chi connectivity index (χ1v) is 4.05. The molecule has 1 rings (SSSR count). The molecule has 0 heterocycles. The molecular weight excluding hydrogens is 192 g/mol. The highest BCUT2D eigenvalue weighted by Gasteiger charge is 2.13. The average molecular weight is 201 g/mol. The second kappa shape index (κ2) is 4.25. The van der Waals surface area contributed by atoms with Gasteiger partial charge in [-0.2, -0.15) is 0 Å². The van der Waals surface area contributed by atoms with Gasteiger partial charge < -0.3 is 9.84 Å². The number of para-hydroxylation sites is 1. The Kier molecular flexibility index (Phi) is 3.28.